The third-order valence-electron chi connectivity index (χ3n) is 1.80. The Labute approximate surface area is 117 Å². The minimum atomic E-state index is 0. The molecule has 0 bridgehead atoms. The molecular formula is C14H14O2Pt. The zero-order chi connectivity index (χ0) is 11.6. The molecular weight excluding hydrogens is 395 g/mol. The fourth-order valence-corrected chi connectivity index (χ4v) is 1.01. The Bertz CT molecular complexity index is 336. The fourth-order valence-electron chi connectivity index (χ4n) is 1.01. The Morgan fingerprint density at radius 3 is 1.35 bits per heavy atom. The van der Waals surface area contributed by atoms with Gasteiger partial charge in [-0.15, -0.1) is 24.3 Å². The third-order valence-corrected chi connectivity index (χ3v) is 1.80. The summed E-state index contributed by atoms with van der Waals surface area (Å²) < 4.78 is 9.72. The number of benzene rings is 2. The number of rotatable bonds is 2. The van der Waals surface area contributed by atoms with Crippen LogP contribution in [0.3, 0.4) is 0 Å². The molecule has 0 spiro atoms. The van der Waals surface area contributed by atoms with Crippen molar-refractivity contribution < 1.29 is 30.5 Å². The Morgan fingerprint density at radius 1 is 0.765 bits per heavy atom. The molecule has 0 N–H and O–H groups in total. The third kappa shape index (κ3) is 6.80. The van der Waals surface area contributed by atoms with E-state index in [4.69, 9.17) is 9.47 Å². The van der Waals surface area contributed by atoms with Gasteiger partial charge in [-0.1, -0.05) is 0 Å². The summed E-state index contributed by atoms with van der Waals surface area (Å²) in [6.45, 7) is 0. The summed E-state index contributed by atoms with van der Waals surface area (Å²) in [5, 5.41) is 0. The van der Waals surface area contributed by atoms with Crippen LogP contribution >= 0.6 is 0 Å². The maximum atomic E-state index is 4.86. The van der Waals surface area contributed by atoms with Crippen LogP contribution in [0.1, 0.15) is 0 Å². The van der Waals surface area contributed by atoms with Gasteiger partial charge in [0.05, 0.1) is 14.2 Å². The van der Waals surface area contributed by atoms with Gasteiger partial charge in [0.25, 0.3) is 0 Å². The van der Waals surface area contributed by atoms with Gasteiger partial charge in [-0.2, -0.15) is 36.4 Å². The number of para-hydroxylation sites is 2. The van der Waals surface area contributed by atoms with Crippen LogP contribution in [0.25, 0.3) is 0 Å². The molecule has 0 aromatic heterocycles. The molecule has 0 radical (unpaired) electrons. The Hall–Kier alpha value is -1.27. The van der Waals surface area contributed by atoms with Crippen LogP contribution in [0.5, 0.6) is 11.5 Å². The van der Waals surface area contributed by atoms with Crippen molar-refractivity contribution in [1.82, 2.24) is 0 Å². The summed E-state index contributed by atoms with van der Waals surface area (Å²) in [7, 11) is 3.26. The molecule has 0 saturated heterocycles. The first-order chi connectivity index (χ1) is 7.86. The molecule has 3 heteroatoms. The molecule has 2 aromatic carbocycles. The van der Waals surface area contributed by atoms with Crippen LogP contribution in [0.15, 0.2) is 48.5 Å². The maximum absolute atomic E-state index is 4.86. The minimum absolute atomic E-state index is 0. The summed E-state index contributed by atoms with van der Waals surface area (Å²) in [5.74, 6) is 1.57. The second kappa shape index (κ2) is 9.92. The largest absolute Gasteiger partial charge is 2.00 e. The Balaban J connectivity index is 0.000000284. The predicted molar refractivity (Wildman–Crippen MR) is 63.7 cm³/mol. The number of hydrogen-bond donors (Lipinski definition) is 0. The molecule has 0 saturated carbocycles. The average Bonchev–Trinajstić information content (AvgIpc) is 2.41. The quantitative estimate of drug-likeness (QED) is 0.711. The first kappa shape index (κ1) is 15.7. The van der Waals surface area contributed by atoms with Crippen molar-refractivity contribution in [3.63, 3.8) is 0 Å². The first-order valence-corrected chi connectivity index (χ1v) is 4.88. The molecule has 0 aliphatic heterocycles. The molecule has 92 valence electrons. The van der Waals surface area contributed by atoms with E-state index in [0.717, 1.165) is 11.5 Å². The summed E-state index contributed by atoms with van der Waals surface area (Å²) >= 11 is 0. The zero-order valence-electron chi connectivity index (χ0n) is 9.75. The smallest absolute Gasteiger partial charge is 0.523 e. The molecule has 0 unspecified atom stereocenters. The van der Waals surface area contributed by atoms with Gasteiger partial charge in [-0.25, -0.2) is 0 Å². The molecule has 2 rings (SSSR count). The summed E-state index contributed by atoms with van der Waals surface area (Å²) in [6, 6.07) is 20.8. The van der Waals surface area contributed by atoms with Gasteiger partial charge in [0, 0.05) is 11.5 Å². The van der Waals surface area contributed by atoms with E-state index < -0.39 is 0 Å². The minimum Gasteiger partial charge on any atom is -0.523 e. The van der Waals surface area contributed by atoms with E-state index in [0.29, 0.717) is 0 Å². The van der Waals surface area contributed by atoms with Crippen LogP contribution in [-0.2, 0) is 21.1 Å². The molecule has 17 heavy (non-hydrogen) atoms. The molecule has 0 aliphatic carbocycles. The van der Waals surface area contributed by atoms with Gasteiger partial charge in [-0.05, 0) is 0 Å². The van der Waals surface area contributed by atoms with Crippen molar-refractivity contribution >= 4 is 0 Å². The molecule has 2 aromatic rings. The van der Waals surface area contributed by atoms with Crippen molar-refractivity contribution in [2.45, 2.75) is 0 Å². The van der Waals surface area contributed by atoms with Crippen LogP contribution in [0.2, 0.25) is 0 Å². The zero-order valence-corrected chi connectivity index (χ0v) is 12.0. The topological polar surface area (TPSA) is 18.5 Å². The van der Waals surface area contributed by atoms with Gasteiger partial charge in [0.1, 0.15) is 0 Å². The fraction of sp³-hybridized carbons (Fsp3) is 0.143. The van der Waals surface area contributed by atoms with Crippen molar-refractivity contribution in [3.05, 3.63) is 60.7 Å². The molecule has 0 aliphatic rings. The molecule has 0 atom stereocenters. The SMILES string of the molecule is COc1[c-]cccc1.COc1[c-]cccc1.[Pt+2]. The van der Waals surface area contributed by atoms with E-state index >= 15 is 0 Å². The monoisotopic (exact) mass is 409 g/mol. The van der Waals surface area contributed by atoms with Crippen LogP contribution in [0.4, 0.5) is 0 Å². The van der Waals surface area contributed by atoms with Gasteiger partial charge in [-0.3, -0.25) is 0 Å². The summed E-state index contributed by atoms with van der Waals surface area (Å²) in [5.41, 5.74) is 0. The van der Waals surface area contributed by atoms with Gasteiger partial charge >= 0.3 is 21.1 Å². The Morgan fingerprint density at radius 2 is 1.18 bits per heavy atom. The van der Waals surface area contributed by atoms with E-state index in [2.05, 4.69) is 12.1 Å². The van der Waals surface area contributed by atoms with Crippen molar-refractivity contribution in [2.75, 3.05) is 14.2 Å². The van der Waals surface area contributed by atoms with Gasteiger partial charge in [0.15, 0.2) is 0 Å². The summed E-state index contributed by atoms with van der Waals surface area (Å²) in [4.78, 5) is 0. The van der Waals surface area contributed by atoms with Crippen LogP contribution in [0, 0.1) is 12.1 Å². The number of ether oxygens (including phenoxy) is 2. The molecule has 0 amide bonds. The van der Waals surface area contributed by atoms with Crippen LogP contribution in [-0.4, -0.2) is 14.2 Å². The van der Waals surface area contributed by atoms with E-state index in [-0.39, 0.29) is 21.1 Å². The Kier molecular flexibility index (Phi) is 9.18. The normalized spacial score (nSPS) is 8.12. The van der Waals surface area contributed by atoms with Crippen molar-refractivity contribution in [3.8, 4) is 11.5 Å². The number of methoxy groups -OCH3 is 2. The molecule has 0 heterocycles. The van der Waals surface area contributed by atoms with E-state index in [1.165, 1.54) is 0 Å². The van der Waals surface area contributed by atoms with Crippen molar-refractivity contribution in [1.29, 1.82) is 0 Å². The van der Waals surface area contributed by atoms with Gasteiger partial charge < -0.3 is 9.47 Å². The van der Waals surface area contributed by atoms with E-state index in [1.807, 2.05) is 48.5 Å². The average molecular weight is 409 g/mol. The van der Waals surface area contributed by atoms with Crippen LogP contribution < -0.4 is 9.47 Å². The number of hydrogen-bond acceptors (Lipinski definition) is 2. The predicted octanol–water partition coefficient (Wildman–Crippen LogP) is 2.99. The van der Waals surface area contributed by atoms with E-state index in [9.17, 15) is 0 Å². The van der Waals surface area contributed by atoms with E-state index in [1.54, 1.807) is 14.2 Å². The standard InChI is InChI=1S/2C7H7O.Pt/c2*1-8-7-5-3-2-4-6-7;/h2*2-5H,1H3;/q2*-1;+2. The maximum Gasteiger partial charge on any atom is 2.00 e. The first-order valence-electron chi connectivity index (χ1n) is 4.88. The van der Waals surface area contributed by atoms with Gasteiger partial charge in [0.2, 0.25) is 0 Å². The second-order valence-corrected chi connectivity index (χ2v) is 2.86. The molecule has 2 nitrogen and oxygen atoms in total. The summed E-state index contributed by atoms with van der Waals surface area (Å²) in [6.07, 6.45) is 0. The second-order valence-electron chi connectivity index (χ2n) is 2.86. The van der Waals surface area contributed by atoms with Crippen molar-refractivity contribution in [2.24, 2.45) is 0 Å². The molecule has 0 fully saturated rings.